The SMILES string of the molecule is CN(C)CCn1cc(C(=O)N2CC(C)(C)C(O)C2(C)C)nn1. The van der Waals surface area contributed by atoms with Crippen LogP contribution in [0.25, 0.3) is 0 Å². The number of likely N-dealkylation sites (N-methyl/N-ethyl adjacent to an activating group) is 1. The summed E-state index contributed by atoms with van der Waals surface area (Å²) in [6.07, 6.45) is 1.10. The van der Waals surface area contributed by atoms with Gasteiger partial charge in [0.05, 0.1) is 24.4 Å². The van der Waals surface area contributed by atoms with Crippen LogP contribution >= 0.6 is 0 Å². The Balaban J connectivity index is 2.15. The van der Waals surface area contributed by atoms with E-state index in [1.807, 2.05) is 46.7 Å². The number of hydrogen-bond donors (Lipinski definition) is 1. The minimum Gasteiger partial charge on any atom is -0.390 e. The first-order valence-corrected chi connectivity index (χ1v) is 7.60. The van der Waals surface area contributed by atoms with Crippen molar-refractivity contribution in [3.05, 3.63) is 11.9 Å². The third kappa shape index (κ3) is 3.01. The molecule has 7 nitrogen and oxygen atoms in total. The molecule has 1 N–H and O–H groups in total. The maximum absolute atomic E-state index is 12.7. The van der Waals surface area contributed by atoms with Crippen LogP contribution in [-0.2, 0) is 6.54 Å². The van der Waals surface area contributed by atoms with E-state index >= 15 is 0 Å². The third-order valence-corrected chi connectivity index (χ3v) is 4.45. The number of aromatic nitrogens is 3. The zero-order valence-corrected chi connectivity index (χ0v) is 14.4. The van der Waals surface area contributed by atoms with Crippen molar-refractivity contribution >= 4 is 5.91 Å². The fraction of sp³-hybridized carbons (Fsp3) is 0.800. The Hall–Kier alpha value is -1.47. The van der Waals surface area contributed by atoms with Crippen LogP contribution < -0.4 is 0 Å². The molecule has 22 heavy (non-hydrogen) atoms. The van der Waals surface area contributed by atoms with E-state index in [4.69, 9.17) is 0 Å². The second-order valence-corrected chi connectivity index (χ2v) is 7.61. The summed E-state index contributed by atoms with van der Waals surface area (Å²) in [6.45, 7) is 9.75. The summed E-state index contributed by atoms with van der Waals surface area (Å²) in [5, 5.41) is 18.5. The van der Waals surface area contributed by atoms with E-state index in [0.29, 0.717) is 18.8 Å². The van der Waals surface area contributed by atoms with Gasteiger partial charge in [0.1, 0.15) is 0 Å². The predicted molar refractivity (Wildman–Crippen MR) is 83.5 cm³/mol. The molecule has 0 saturated carbocycles. The lowest BCUT2D eigenvalue weighted by Gasteiger charge is -2.33. The van der Waals surface area contributed by atoms with Gasteiger partial charge in [-0.25, -0.2) is 0 Å². The summed E-state index contributed by atoms with van der Waals surface area (Å²) >= 11 is 0. The average molecular weight is 309 g/mol. The van der Waals surface area contributed by atoms with Crippen molar-refractivity contribution in [1.82, 2.24) is 24.8 Å². The number of nitrogens with zero attached hydrogens (tertiary/aromatic N) is 5. The molecule has 1 atom stereocenters. The molecule has 0 bridgehead atoms. The Labute approximate surface area is 131 Å². The molecule has 2 heterocycles. The fourth-order valence-corrected chi connectivity index (χ4v) is 3.08. The second kappa shape index (κ2) is 5.62. The summed E-state index contributed by atoms with van der Waals surface area (Å²) in [7, 11) is 3.97. The number of amides is 1. The highest BCUT2D eigenvalue weighted by Crippen LogP contribution is 2.41. The lowest BCUT2D eigenvalue weighted by Crippen LogP contribution is -2.48. The average Bonchev–Trinajstić information content (AvgIpc) is 2.94. The van der Waals surface area contributed by atoms with Gasteiger partial charge in [-0.3, -0.25) is 9.48 Å². The van der Waals surface area contributed by atoms with E-state index in [1.54, 1.807) is 15.8 Å². The van der Waals surface area contributed by atoms with Gasteiger partial charge in [0, 0.05) is 18.5 Å². The number of aliphatic hydroxyl groups excluding tert-OH is 1. The van der Waals surface area contributed by atoms with Gasteiger partial charge in [-0.15, -0.1) is 5.10 Å². The smallest absolute Gasteiger partial charge is 0.276 e. The Morgan fingerprint density at radius 1 is 1.41 bits per heavy atom. The van der Waals surface area contributed by atoms with Crippen LogP contribution in [0, 0.1) is 5.41 Å². The number of hydrogen-bond acceptors (Lipinski definition) is 5. The molecule has 124 valence electrons. The van der Waals surface area contributed by atoms with Crippen molar-refractivity contribution in [3.8, 4) is 0 Å². The Bertz CT molecular complexity index is 550. The van der Waals surface area contributed by atoms with E-state index in [9.17, 15) is 9.90 Å². The first-order valence-electron chi connectivity index (χ1n) is 7.60. The largest absolute Gasteiger partial charge is 0.390 e. The molecular weight excluding hydrogens is 282 g/mol. The van der Waals surface area contributed by atoms with Crippen molar-refractivity contribution in [2.45, 2.75) is 45.9 Å². The number of carbonyl (C=O) groups is 1. The van der Waals surface area contributed by atoms with Gasteiger partial charge >= 0.3 is 0 Å². The lowest BCUT2D eigenvalue weighted by molar-refractivity contribution is 0.0188. The van der Waals surface area contributed by atoms with Crippen LogP contribution in [0.4, 0.5) is 0 Å². The maximum atomic E-state index is 12.7. The minimum absolute atomic E-state index is 0.175. The van der Waals surface area contributed by atoms with E-state index in [0.717, 1.165) is 6.54 Å². The van der Waals surface area contributed by atoms with Crippen LogP contribution in [0.1, 0.15) is 38.2 Å². The summed E-state index contributed by atoms with van der Waals surface area (Å²) in [5.41, 5.74) is -0.620. The molecule has 1 fully saturated rings. The number of carbonyl (C=O) groups excluding carboxylic acids is 1. The second-order valence-electron chi connectivity index (χ2n) is 7.61. The quantitative estimate of drug-likeness (QED) is 0.875. The molecule has 7 heteroatoms. The number of aliphatic hydroxyl groups is 1. The zero-order chi connectivity index (χ0) is 16.7. The zero-order valence-electron chi connectivity index (χ0n) is 14.4. The van der Waals surface area contributed by atoms with Gasteiger partial charge < -0.3 is 14.9 Å². The summed E-state index contributed by atoms with van der Waals surface area (Å²) in [5.74, 6) is -0.175. The van der Waals surface area contributed by atoms with Gasteiger partial charge in [0.2, 0.25) is 0 Å². The first kappa shape index (κ1) is 16.9. The topological polar surface area (TPSA) is 74.5 Å². The minimum atomic E-state index is -0.617. The van der Waals surface area contributed by atoms with Crippen molar-refractivity contribution in [3.63, 3.8) is 0 Å². The van der Waals surface area contributed by atoms with Crippen molar-refractivity contribution in [1.29, 1.82) is 0 Å². The van der Waals surface area contributed by atoms with Crippen molar-refractivity contribution in [2.75, 3.05) is 27.2 Å². The molecule has 1 unspecified atom stereocenters. The van der Waals surface area contributed by atoms with Gasteiger partial charge in [-0.1, -0.05) is 19.1 Å². The lowest BCUT2D eigenvalue weighted by atomic mass is 9.82. The standard InChI is InChI=1S/C15H27N5O2/c1-14(2)10-20(15(3,4)13(14)22)12(21)11-9-19(17-16-11)8-7-18(5)6/h9,13,22H,7-8,10H2,1-6H3. The van der Waals surface area contributed by atoms with Gasteiger partial charge in [0.15, 0.2) is 5.69 Å². The van der Waals surface area contributed by atoms with E-state index in [1.165, 1.54) is 0 Å². The highest BCUT2D eigenvalue weighted by molar-refractivity contribution is 5.92. The normalized spacial score (nSPS) is 23.3. The molecule has 0 spiro atoms. The molecule has 1 aliphatic rings. The van der Waals surface area contributed by atoms with E-state index in [-0.39, 0.29) is 11.3 Å². The molecule has 1 aliphatic heterocycles. The Kier molecular flexibility index (Phi) is 4.32. The molecule has 0 aromatic carbocycles. The summed E-state index contributed by atoms with van der Waals surface area (Å²) in [6, 6.07) is 0. The number of rotatable bonds is 4. The highest BCUT2D eigenvalue weighted by Gasteiger charge is 2.53. The van der Waals surface area contributed by atoms with E-state index in [2.05, 4.69) is 10.3 Å². The molecule has 1 amide bonds. The van der Waals surface area contributed by atoms with Crippen LogP contribution in [-0.4, -0.2) is 74.6 Å². The molecule has 1 aromatic heterocycles. The molecule has 2 rings (SSSR count). The monoisotopic (exact) mass is 309 g/mol. The van der Waals surface area contributed by atoms with Crippen LogP contribution in [0.15, 0.2) is 6.20 Å². The van der Waals surface area contributed by atoms with Gasteiger partial charge in [-0.2, -0.15) is 0 Å². The maximum Gasteiger partial charge on any atom is 0.276 e. The van der Waals surface area contributed by atoms with Crippen molar-refractivity contribution in [2.24, 2.45) is 5.41 Å². The van der Waals surface area contributed by atoms with Crippen LogP contribution in [0.2, 0.25) is 0 Å². The Morgan fingerprint density at radius 2 is 2.05 bits per heavy atom. The first-order chi connectivity index (χ1) is 10.1. The van der Waals surface area contributed by atoms with E-state index < -0.39 is 11.6 Å². The summed E-state index contributed by atoms with van der Waals surface area (Å²) < 4.78 is 1.68. The molecule has 1 saturated heterocycles. The third-order valence-electron chi connectivity index (χ3n) is 4.45. The van der Waals surface area contributed by atoms with Crippen LogP contribution in [0.5, 0.6) is 0 Å². The molecule has 1 aromatic rings. The molecular formula is C15H27N5O2. The predicted octanol–water partition coefficient (Wildman–Crippen LogP) is 0.461. The fourth-order valence-electron chi connectivity index (χ4n) is 3.08. The highest BCUT2D eigenvalue weighted by atomic mass is 16.3. The number of likely N-dealkylation sites (tertiary alicyclic amines) is 1. The Morgan fingerprint density at radius 3 is 2.55 bits per heavy atom. The summed E-state index contributed by atoms with van der Waals surface area (Å²) in [4.78, 5) is 16.5. The van der Waals surface area contributed by atoms with Gasteiger partial charge in [0.25, 0.3) is 5.91 Å². The molecule has 0 radical (unpaired) electrons. The van der Waals surface area contributed by atoms with Gasteiger partial charge in [-0.05, 0) is 27.9 Å². The molecule has 0 aliphatic carbocycles. The van der Waals surface area contributed by atoms with Crippen molar-refractivity contribution < 1.29 is 9.90 Å². The van der Waals surface area contributed by atoms with Crippen LogP contribution in [0.3, 0.4) is 0 Å².